The number of carbonyl (C=O) groups is 1. The number of hydrogen-bond donors (Lipinski definition) is 2. The zero-order valence-corrected chi connectivity index (χ0v) is 11.3. The summed E-state index contributed by atoms with van der Waals surface area (Å²) < 4.78 is 0. The second kappa shape index (κ2) is 5.21. The summed E-state index contributed by atoms with van der Waals surface area (Å²) in [5.41, 5.74) is 1.14. The van der Waals surface area contributed by atoms with Crippen molar-refractivity contribution < 1.29 is 4.79 Å². The van der Waals surface area contributed by atoms with Crippen LogP contribution in [0.4, 0.5) is 4.79 Å². The molecule has 102 valence electrons. The van der Waals surface area contributed by atoms with E-state index >= 15 is 0 Å². The minimum atomic E-state index is 0.0764. The summed E-state index contributed by atoms with van der Waals surface area (Å²) in [7, 11) is 0. The third-order valence-electron chi connectivity index (χ3n) is 4.30. The Morgan fingerprint density at radius 3 is 2.95 bits per heavy atom. The first-order valence-electron chi connectivity index (χ1n) is 7.06. The Labute approximate surface area is 114 Å². The van der Waals surface area contributed by atoms with Gasteiger partial charge in [0.2, 0.25) is 0 Å². The highest BCUT2D eigenvalue weighted by Crippen LogP contribution is 2.31. The van der Waals surface area contributed by atoms with E-state index in [0.717, 1.165) is 25.1 Å². The van der Waals surface area contributed by atoms with E-state index in [-0.39, 0.29) is 6.03 Å². The summed E-state index contributed by atoms with van der Waals surface area (Å²) in [4.78, 5) is 14.4. The van der Waals surface area contributed by atoms with Gasteiger partial charge in [-0.25, -0.2) is 4.79 Å². The second-order valence-corrected chi connectivity index (χ2v) is 5.62. The molecule has 0 aliphatic carbocycles. The summed E-state index contributed by atoms with van der Waals surface area (Å²) in [6.07, 6.45) is 1.12. The number of benzene rings is 1. The van der Waals surface area contributed by atoms with Crippen LogP contribution in [0, 0.1) is 5.92 Å². The quantitative estimate of drug-likeness (QED) is 0.847. The Hall–Kier alpha value is -1.55. The lowest BCUT2D eigenvalue weighted by Crippen LogP contribution is -2.47. The minimum Gasteiger partial charge on any atom is -0.334 e. The van der Waals surface area contributed by atoms with Gasteiger partial charge in [-0.3, -0.25) is 0 Å². The van der Waals surface area contributed by atoms with Crippen molar-refractivity contribution in [2.24, 2.45) is 5.92 Å². The van der Waals surface area contributed by atoms with Gasteiger partial charge in [0.15, 0.2) is 0 Å². The average molecular weight is 259 g/mol. The van der Waals surface area contributed by atoms with Crippen LogP contribution in [0.15, 0.2) is 30.3 Å². The molecule has 0 saturated carbocycles. The Balaban J connectivity index is 1.61. The van der Waals surface area contributed by atoms with Crippen LogP contribution < -0.4 is 10.6 Å². The van der Waals surface area contributed by atoms with Gasteiger partial charge in [-0.1, -0.05) is 30.3 Å². The van der Waals surface area contributed by atoms with Gasteiger partial charge in [-0.05, 0) is 24.8 Å². The van der Waals surface area contributed by atoms with E-state index in [1.54, 1.807) is 0 Å². The second-order valence-electron chi connectivity index (χ2n) is 5.62. The molecule has 4 nitrogen and oxygen atoms in total. The molecule has 2 aliphatic heterocycles. The molecule has 3 atom stereocenters. The number of amides is 2. The fourth-order valence-electron chi connectivity index (χ4n) is 3.38. The highest BCUT2D eigenvalue weighted by atomic mass is 16.2. The number of nitrogens with zero attached hydrogens (tertiary/aromatic N) is 1. The van der Waals surface area contributed by atoms with Gasteiger partial charge in [0.05, 0.1) is 6.04 Å². The Bertz CT molecular complexity index is 448. The number of nitrogens with one attached hydrogen (secondary N) is 2. The first kappa shape index (κ1) is 12.5. The lowest BCUT2D eigenvalue weighted by Gasteiger charge is -2.27. The molecule has 1 aromatic carbocycles. The van der Waals surface area contributed by atoms with Gasteiger partial charge in [0.25, 0.3) is 0 Å². The molecule has 0 bridgehead atoms. The minimum absolute atomic E-state index is 0.0764. The van der Waals surface area contributed by atoms with Crippen LogP contribution in [-0.4, -0.2) is 36.1 Å². The Morgan fingerprint density at radius 2 is 2.16 bits per heavy atom. The fourth-order valence-corrected chi connectivity index (χ4v) is 3.38. The highest BCUT2D eigenvalue weighted by molar-refractivity contribution is 5.75. The number of fused-ring (bicyclic) bond motifs is 1. The van der Waals surface area contributed by atoms with E-state index < -0.39 is 0 Å². The molecule has 19 heavy (non-hydrogen) atoms. The predicted octanol–water partition coefficient (Wildman–Crippen LogP) is 1.58. The normalized spacial score (nSPS) is 29.3. The van der Waals surface area contributed by atoms with E-state index in [0.29, 0.717) is 24.5 Å². The van der Waals surface area contributed by atoms with Gasteiger partial charge >= 0.3 is 6.03 Å². The summed E-state index contributed by atoms with van der Waals surface area (Å²) in [5.74, 6) is 0.637. The highest BCUT2D eigenvalue weighted by Gasteiger charge is 2.43. The molecular weight excluding hydrogens is 238 g/mol. The maximum atomic E-state index is 12.4. The molecule has 2 heterocycles. The number of carbonyl (C=O) groups excluding carboxylic acids is 1. The Kier molecular flexibility index (Phi) is 3.42. The van der Waals surface area contributed by atoms with Crippen LogP contribution >= 0.6 is 0 Å². The van der Waals surface area contributed by atoms with Crippen LogP contribution in [0.5, 0.6) is 0 Å². The van der Waals surface area contributed by atoms with Crippen molar-refractivity contribution in [3.63, 3.8) is 0 Å². The van der Waals surface area contributed by atoms with E-state index in [4.69, 9.17) is 0 Å². The van der Waals surface area contributed by atoms with E-state index in [1.165, 1.54) is 0 Å². The van der Waals surface area contributed by atoms with Crippen molar-refractivity contribution in [3.05, 3.63) is 35.9 Å². The molecule has 4 heteroatoms. The zero-order valence-electron chi connectivity index (χ0n) is 11.3. The standard InChI is InChI=1S/C15H21N3O/c1-11-7-13-9-16-10-14(13)18(11)15(19)17-8-12-5-3-2-4-6-12/h2-6,11,13-14,16H,7-10H2,1H3,(H,17,19). The topological polar surface area (TPSA) is 44.4 Å². The van der Waals surface area contributed by atoms with E-state index in [9.17, 15) is 4.79 Å². The summed E-state index contributed by atoms with van der Waals surface area (Å²) in [6, 6.07) is 10.9. The van der Waals surface area contributed by atoms with Crippen LogP contribution in [0.3, 0.4) is 0 Å². The molecule has 0 aromatic heterocycles. The SMILES string of the molecule is CC1CC2CNCC2N1C(=O)NCc1ccccc1. The monoisotopic (exact) mass is 259 g/mol. The first-order valence-corrected chi connectivity index (χ1v) is 7.06. The number of likely N-dealkylation sites (tertiary alicyclic amines) is 1. The maximum Gasteiger partial charge on any atom is 0.318 e. The fraction of sp³-hybridized carbons (Fsp3) is 0.533. The molecule has 2 saturated heterocycles. The largest absolute Gasteiger partial charge is 0.334 e. The van der Waals surface area contributed by atoms with Crippen molar-refractivity contribution in [2.75, 3.05) is 13.1 Å². The van der Waals surface area contributed by atoms with Crippen LogP contribution in [0.25, 0.3) is 0 Å². The maximum absolute atomic E-state index is 12.4. The molecule has 0 spiro atoms. The third kappa shape index (κ3) is 2.45. The molecular formula is C15H21N3O. The number of urea groups is 1. The summed E-state index contributed by atoms with van der Waals surface area (Å²) >= 11 is 0. The molecule has 0 radical (unpaired) electrons. The molecule has 3 rings (SSSR count). The summed E-state index contributed by atoms with van der Waals surface area (Å²) in [5, 5.41) is 6.42. The smallest absolute Gasteiger partial charge is 0.318 e. The van der Waals surface area contributed by atoms with Gasteiger partial charge in [-0.2, -0.15) is 0 Å². The van der Waals surface area contributed by atoms with E-state index in [1.807, 2.05) is 35.2 Å². The Morgan fingerprint density at radius 1 is 1.37 bits per heavy atom. The lowest BCUT2D eigenvalue weighted by atomic mass is 10.0. The molecule has 2 N–H and O–H groups in total. The first-order chi connectivity index (χ1) is 9.25. The zero-order chi connectivity index (χ0) is 13.2. The molecule has 2 amide bonds. The van der Waals surface area contributed by atoms with Crippen molar-refractivity contribution in [3.8, 4) is 0 Å². The van der Waals surface area contributed by atoms with Crippen molar-refractivity contribution in [1.82, 2.24) is 15.5 Å². The molecule has 1 aromatic rings. The molecule has 3 unspecified atom stereocenters. The van der Waals surface area contributed by atoms with Crippen molar-refractivity contribution in [2.45, 2.75) is 32.0 Å². The number of hydrogen-bond acceptors (Lipinski definition) is 2. The average Bonchev–Trinajstić information content (AvgIpc) is 2.97. The third-order valence-corrected chi connectivity index (χ3v) is 4.30. The van der Waals surface area contributed by atoms with Gasteiger partial charge in [-0.15, -0.1) is 0 Å². The summed E-state index contributed by atoms with van der Waals surface area (Å²) in [6.45, 7) is 4.75. The molecule has 2 aliphatic rings. The van der Waals surface area contributed by atoms with Gasteiger partial charge in [0.1, 0.15) is 0 Å². The predicted molar refractivity (Wildman–Crippen MR) is 74.7 cm³/mol. The van der Waals surface area contributed by atoms with Crippen molar-refractivity contribution in [1.29, 1.82) is 0 Å². The van der Waals surface area contributed by atoms with Gasteiger partial charge in [0, 0.05) is 25.7 Å². The van der Waals surface area contributed by atoms with Crippen LogP contribution in [-0.2, 0) is 6.54 Å². The van der Waals surface area contributed by atoms with Crippen LogP contribution in [0.2, 0.25) is 0 Å². The number of rotatable bonds is 2. The van der Waals surface area contributed by atoms with Gasteiger partial charge < -0.3 is 15.5 Å². The van der Waals surface area contributed by atoms with Crippen LogP contribution in [0.1, 0.15) is 18.9 Å². The van der Waals surface area contributed by atoms with Crippen molar-refractivity contribution >= 4 is 6.03 Å². The lowest BCUT2D eigenvalue weighted by molar-refractivity contribution is 0.176. The van der Waals surface area contributed by atoms with E-state index in [2.05, 4.69) is 17.6 Å². The molecule has 2 fully saturated rings.